The number of nitrogens with zero attached hydrogens (tertiary/aromatic N) is 2. The van der Waals surface area contributed by atoms with Crippen LogP contribution in [0.2, 0.25) is 0 Å². The van der Waals surface area contributed by atoms with E-state index < -0.39 is 0 Å². The zero-order chi connectivity index (χ0) is 18.9. The highest BCUT2D eigenvalue weighted by molar-refractivity contribution is 5.65. The summed E-state index contributed by atoms with van der Waals surface area (Å²) in [4.78, 5) is 9.67. The van der Waals surface area contributed by atoms with Gasteiger partial charge in [0.05, 0.1) is 11.4 Å². The Morgan fingerprint density at radius 2 is 1.63 bits per heavy atom. The molecule has 0 unspecified atom stereocenters. The molecule has 2 heteroatoms. The molecule has 3 rings (SSSR count). The normalized spacial score (nSPS) is 11.7. The van der Waals surface area contributed by atoms with Gasteiger partial charge in [-0.2, -0.15) is 0 Å². The summed E-state index contributed by atoms with van der Waals surface area (Å²) in [5.41, 5.74) is 6.30. The number of benzene rings is 1. The van der Waals surface area contributed by atoms with Crippen molar-refractivity contribution in [3.63, 3.8) is 0 Å². The Kier molecular flexibility index (Phi) is 6.48. The number of hydrogen-bond acceptors (Lipinski definition) is 2. The van der Waals surface area contributed by atoms with E-state index in [9.17, 15) is 0 Å². The van der Waals surface area contributed by atoms with Crippen LogP contribution in [-0.2, 0) is 6.42 Å². The SMILES string of the molecule is C=CC/C(=C\C=C/C)c1cccc(Cc2cccc(-c3ccccc3)n2)n1. The number of hydrogen-bond donors (Lipinski definition) is 0. The van der Waals surface area contributed by atoms with Crippen LogP contribution in [0.25, 0.3) is 16.8 Å². The lowest BCUT2D eigenvalue weighted by molar-refractivity contribution is 1.00. The van der Waals surface area contributed by atoms with Crippen LogP contribution in [0.3, 0.4) is 0 Å². The lowest BCUT2D eigenvalue weighted by Gasteiger charge is -2.08. The van der Waals surface area contributed by atoms with Crippen molar-refractivity contribution in [3.05, 3.63) is 115 Å². The summed E-state index contributed by atoms with van der Waals surface area (Å²) >= 11 is 0. The molecule has 0 radical (unpaired) electrons. The number of aromatic nitrogens is 2. The fourth-order valence-electron chi connectivity index (χ4n) is 2.92. The summed E-state index contributed by atoms with van der Waals surface area (Å²) in [5.74, 6) is 0. The second-order valence-electron chi connectivity index (χ2n) is 6.28. The fourth-order valence-corrected chi connectivity index (χ4v) is 2.92. The Morgan fingerprint density at radius 1 is 0.889 bits per heavy atom. The van der Waals surface area contributed by atoms with E-state index in [1.807, 2.05) is 49.4 Å². The molecule has 0 bridgehead atoms. The topological polar surface area (TPSA) is 25.8 Å². The summed E-state index contributed by atoms with van der Waals surface area (Å²) < 4.78 is 0. The fraction of sp³-hybridized carbons (Fsp3) is 0.120. The third-order valence-electron chi connectivity index (χ3n) is 4.23. The van der Waals surface area contributed by atoms with Gasteiger partial charge in [0, 0.05) is 23.4 Å². The minimum absolute atomic E-state index is 0.708. The molecule has 2 aromatic heterocycles. The molecule has 0 spiro atoms. The molecule has 0 N–H and O–H groups in total. The van der Waals surface area contributed by atoms with E-state index in [2.05, 4.69) is 55.1 Å². The average Bonchev–Trinajstić information content (AvgIpc) is 2.72. The van der Waals surface area contributed by atoms with E-state index in [-0.39, 0.29) is 0 Å². The maximum atomic E-state index is 4.85. The van der Waals surface area contributed by atoms with Crippen molar-refractivity contribution < 1.29 is 0 Å². The molecule has 0 amide bonds. The second-order valence-corrected chi connectivity index (χ2v) is 6.28. The molecule has 0 aliphatic carbocycles. The number of allylic oxidation sites excluding steroid dienone is 5. The highest BCUT2D eigenvalue weighted by Gasteiger charge is 2.06. The summed E-state index contributed by atoms with van der Waals surface area (Å²) in [6.07, 6.45) is 9.57. The maximum Gasteiger partial charge on any atom is 0.0705 e. The van der Waals surface area contributed by atoms with Crippen LogP contribution in [0.4, 0.5) is 0 Å². The zero-order valence-corrected chi connectivity index (χ0v) is 15.7. The first-order valence-corrected chi connectivity index (χ1v) is 9.20. The number of pyridine rings is 2. The van der Waals surface area contributed by atoms with Gasteiger partial charge in [0.15, 0.2) is 0 Å². The minimum Gasteiger partial charge on any atom is -0.253 e. The van der Waals surface area contributed by atoms with Gasteiger partial charge in [-0.15, -0.1) is 6.58 Å². The van der Waals surface area contributed by atoms with Crippen molar-refractivity contribution >= 4 is 5.57 Å². The van der Waals surface area contributed by atoms with Crippen LogP contribution < -0.4 is 0 Å². The van der Waals surface area contributed by atoms with Crippen molar-refractivity contribution in [2.45, 2.75) is 19.8 Å². The van der Waals surface area contributed by atoms with E-state index in [0.717, 1.165) is 40.3 Å². The first-order chi connectivity index (χ1) is 13.3. The molecular formula is C25H24N2. The number of rotatable bonds is 7. The highest BCUT2D eigenvalue weighted by atomic mass is 14.7. The Hall–Kier alpha value is -3.26. The summed E-state index contributed by atoms with van der Waals surface area (Å²) in [6, 6.07) is 22.6. The quantitative estimate of drug-likeness (QED) is 0.370. The first kappa shape index (κ1) is 18.5. The summed E-state index contributed by atoms with van der Waals surface area (Å²) in [5, 5.41) is 0. The predicted molar refractivity (Wildman–Crippen MR) is 114 cm³/mol. The molecule has 0 saturated heterocycles. The van der Waals surface area contributed by atoms with Gasteiger partial charge in [0.2, 0.25) is 0 Å². The largest absolute Gasteiger partial charge is 0.253 e. The van der Waals surface area contributed by atoms with Crippen molar-refractivity contribution in [3.8, 4) is 11.3 Å². The smallest absolute Gasteiger partial charge is 0.0705 e. The summed E-state index contributed by atoms with van der Waals surface area (Å²) in [6.45, 7) is 5.87. The molecule has 0 saturated carbocycles. The van der Waals surface area contributed by atoms with Crippen molar-refractivity contribution in [1.29, 1.82) is 0 Å². The monoisotopic (exact) mass is 352 g/mol. The molecule has 1 aromatic carbocycles. The standard InChI is InChI=1S/C25H24N2/c1-3-5-12-20(11-4-2)24-17-9-15-22(26-24)19-23-16-10-18-25(27-23)21-13-7-6-8-14-21/h3-10,12-18H,2,11,19H2,1H3/b5-3-,20-12+. The Labute approximate surface area is 161 Å². The molecule has 0 aliphatic heterocycles. The zero-order valence-electron chi connectivity index (χ0n) is 15.7. The third-order valence-corrected chi connectivity index (χ3v) is 4.23. The van der Waals surface area contributed by atoms with Crippen LogP contribution in [0.15, 0.2) is 97.6 Å². The van der Waals surface area contributed by atoms with Gasteiger partial charge in [-0.25, -0.2) is 0 Å². The third kappa shape index (κ3) is 5.11. The highest BCUT2D eigenvalue weighted by Crippen LogP contribution is 2.20. The van der Waals surface area contributed by atoms with E-state index in [0.29, 0.717) is 6.42 Å². The molecule has 0 atom stereocenters. The minimum atomic E-state index is 0.708. The second kappa shape index (κ2) is 9.44. The Balaban J connectivity index is 1.85. The van der Waals surface area contributed by atoms with E-state index >= 15 is 0 Å². The molecule has 2 nitrogen and oxygen atoms in total. The van der Waals surface area contributed by atoms with Gasteiger partial charge in [0.1, 0.15) is 0 Å². The predicted octanol–water partition coefficient (Wildman–Crippen LogP) is 6.27. The maximum absolute atomic E-state index is 4.85. The Bertz CT molecular complexity index is 953. The van der Waals surface area contributed by atoms with Crippen molar-refractivity contribution in [2.24, 2.45) is 0 Å². The van der Waals surface area contributed by atoms with Crippen LogP contribution in [-0.4, -0.2) is 9.97 Å². The van der Waals surface area contributed by atoms with E-state index in [1.54, 1.807) is 0 Å². The van der Waals surface area contributed by atoms with Gasteiger partial charge < -0.3 is 0 Å². The average molecular weight is 352 g/mol. The van der Waals surface area contributed by atoms with Gasteiger partial charge in [-0.1, -0.05) is 66.8 Å². The lowest BCUT2D eigenvalue weighted by atomic mass is 10.1. The first-order valence-electron chi connectivity index (χ1n) is 9.20. The molecular weight excluding hydrogens is 328 g/mol. The van der Waals surface area contributed by atoms with Crippen molar-refractivity contribution in [1.82, 2.24) is 9.97 Å². The molecule has 2 heterocycles. The van der Waals surface area contributed by atoms with Crippen LogP contribution >= 0.6 is 0 Å². The van der Waals surface area contributed by atoms with Crippen molar-refractivity contribution in [2.75, 3.05) is 0 Å². The van der Waals surface area contributed by atoms with E-state index in [1.165, 1.54) is 0 Å². The van der Waals surface area contributed by atoms with Crippen LogP contribution in [0.5, 0.6) is 0 Å². The molecule has 3 aromatic rings. The molecule has 0 aliphatic rings. The molecule has 134 valence electrons. The van der Waals surface area contributed by atoms with Gasteiger partial charge in [0.25, 0.3) is 0 Å². The van der Waals surface area contributed by atoms with Gasteiger partial charge >= 0.3 is 0 Å². The molecule has 0 fully saturated rings. The van der Waals surface area contributed by atoms with Crippen LogP contribution in [0.1, 0.15) is 30.4 Å². The van der Waals surface area contributed by atoms with E-state index in [4.69, 9.17) is 9.97 Å². The Morgan fingerprint density at radius 3 is 2.37 bits per heavy atom. The van der Waals surface area contributed by atoms with Crippen LogP contribution in [0, 0.1) is 0 Å². The molecule has 27 heavy (non-hydrogen) atoms. The van der Waals surface area contributed by atoms with Gasteiger partial charge in [-0.3, -0.25) is 9.97 Å². The summed E-state index contributed by atoms with van der Waals surface area (Å²) in [7, 11) is 0. The lowest BCUT2D eigenvalue weighted by Crippen LogP contribution is -1.99. The van der Waals surface area contributed by atoms with Gasteiger partial charge in [-0.05, 0) is 43.2 Å².